The molecular formula is C11H10N4OS. The van der Waals surface area contributed by atoms with Crippen LogP contribution < -0.4 is 5.56 Å². The van der Waals surface area contributed by atoms with Crippen molar-refractivity contribution in [2.24, 2.45) is 5.10 Å². The molecule has 0 bridgehead atoms. The molecule has 0 saturated heterocycles. The molecule has 1 aromatic heterocycles. The monoisotopic (exact) mass is 246 g/mol. The van der Waals surface area contributed by atoms with Crippen LogP contribution in [0.3, 0.4) is 0 Å². The van der Waals surface area contributed by atoms with Crippen LogP contribution in [-0.2, 0) is 0 Å². The molecule has 2 rings (SSSR count). The van der Waals surface area contributed by atoms with Crippen LogP contribution in [0.4, 0.5) is 0 Å². The Morgan fingerprint density at radius 1 is 1.41 bits per heavy atom. The lowest BCUT2D eigenvalue weighted by Gasteiger charge is -1.98. The van der Waals surface area contributed by atoms with E-state index in [0.29, 0.717) is 5.69 Å². The van der Waals surface area contributed by atoms with Crippen LogP contribution in [0.1, 0.15) is 11.3 Å². The van der Waals surface area contributed by atoms with Crippen LogP contribution >= 0.6 is 12.2 Å². The second kappa shape index (κ2) is 4.84. The van der Waals surface area contributed by atoms with Gasteiger partial charge in [0.25, 0.3) is 5.56 Å². The minimum atomic E-state index is -0.319. The van der Waals surface area contributed by atoms with Gasteiger partial charge < -0.3 is 0 Å². The maximum atomic E-state index is 11.7. The van der Waals surface area contributed by atoms with Crippen molar-refractivity contribution in [3.8, 4) is 0 Å². The Morgan fingerprint density at radius 3 is 2.82 bits per heavy atom. The second-order valence-corrected chi connectivity index (χ2v) is 3.77. The highest BCUT2D eigenvalue weighted by Crippen LogP contribution is 1.94. The van der Waals surface area contributed by atoms with E-state index in [0.717, 1.165) is 10.2 Å². The summed E-state index contributed by atoms with van der Waals surface area (Å²) in [5.41, 5.74) is 0.896. The van der Waals surface area contributed by atoms with E-state index in [2.05, 4.69) is 15.3 Å². The van der Waals surface area contributed by atoms with Gasteiger partial charge in [0.2, 0.25) is 4.77 Å². The van der Waals surface area contributed by atoms with Crippen LogP contribution in [0.25, 0.3) is 0 Å². The van der Waals surface area contributed by atoms with E-state index in [9.17, 15) is 4.79 Å². The fourth-order valence-corrected chi connectivity index (χ4v) is 1.42. The Hall–Kier alpha value is -2.08. The normalized spacial score (nSPS) is 10.9. The Bertz CT molecular complexity index is 657. The minimum Gasteiger partial charge on any atom is -0.265 e. The van der Waals surface area contributed by atoms with Gasteiger partial charge in [0, 0.05) is 0 Å². The molecule has 0 atom stereocenters. The largest absolute Gasteiger partial charge is 0.296 e. The molecule has 0 aliphatic carbocycles. The standard InChI is InChI=1S/C11H10N4OS/c1-8-10(16)15(11(17)14-13-8)12-7-9-5-3-2-4-6-9/h2-7H,1H3,(H,14,17)/b12-7-. The summed E-state index contributed by atoms with van der Waals surface area (Å²) in [6.45, 7) is 1.60. The molecule has 0 radical (unpaired) electrons. The molecule has 0 aliphatic heterocycles. The van der Waals surface area contributed by atoms with Crippen molar-refractivity contribution in [3.63, 3.8) is 0 Å². The molecule has 1 N–H and O–H groups in total. The molecule has 0 saturated carbocycles. The van der Waals surface area contributed by atoms with Crippen molar-refractivity contribution >= 4 is 18.4 Å². The van der Waals surface area contributed by atoms with Gasteiger partial charge in [-0.25, -0.2) is 0 Å². The summed E-state index contributed by atoms with van der Waals surface area (Å²) in [5.74, 6) is 0. The number of aromatic amines is 1. The van der Waals surface area contributed by atoms with Gasteiger partial charge in [-0.15, -0.1) is 0 Å². The van der Waals surface area contributed by atoms with Crippen LogP contribution in [0, 0.1) is 11.7 Å². The Balaban J connectivity index is 2.44. The zero-order valence-corrected chi connectivity index (χ0v) is 9.94. The summed E-state index contributed by atoms with van der Waals surface area (Å²) in [5, 5.41) is 10.4. The predicted octanol–water partition coefficient (Wildman–Crippen LogP) is 1.49. The highest BCUT2D eigenvalue weighted by atomic mass is 32.1. The van der Waals surface area contributed by atoms with Gasteiger partial charge in [-0.3, -0.25) is 9.89 Å². The zero-order valence-electron chi connectivity index (χ0n) is 9.12. The minimum absolute atomic E-state index is 0.174. The zero-order chi connectivity index (χ0) is 12.3. The number of hydrogen-bond donors (Lipinski definition) is 1. The van der Waals surface area contributed by atoms with E-state index < -0.39 is 0 Å². The number of benzene rings is 1. The van der Waals surface area contributed by atoms with E-state index >= 15 is 0 Å². The smallest absolute Gasteiger partial charge is 0.265 e. The van der Waals surface area contributed by atoms with E-state index in [1.165, 1.54) is 0 Å². The molecule has 0 fully saturated rings. The molecule has 0 spiro atoms. The quantitative estimate of drug-likeness (QED) is 0.645. The second-order valence-electron chi connectivity index (χ2n) is 3.39. The third kappa shape index (κ3) is 2.54. The maximum Gasteiger partial charge on any atom is 0.296 e. The SMILES string of the molecule is Cc1n[nH]c(=S)n(/N=C\c2ccccc2)c1=O. The van der Waals surface area contributed by atoms with Gasteiger partial charge in [0.05, 0.1) is 6.21 Å². The number of rotatable bonds is 2. The third-order valence-corrected chi connectivity index (χ3v) is 2.40. The number of nitrogens with one attached hydrogen (secondary N) is 1. The summed E-state index contributed by atoms with van der Waals surface area (Å²) in [6.07, 6.45) is 1.57. The molecule has 0 aliphatic rings. The van der Waals surface area contributed by atoms with Crippen LogP contribution in [-0.4, -0.2) is 21.1 Å². The molecular weight excluding hydrogens is 236 g/mol. The summed E-state index contributed by atoms with van der Waals surface area (Å²) in [7, 11) is 0. The molecule has 0 amide bonds. The van der Waals surface area contributed by atoms with E-state index in [1.807, 2.05) is 30.3 Å². The van der Waals surface area contributed by atoms with Gasteiger partial charge in [-0.2, -0.15) is 14.9 Å². The van der Waals surface area contributed by atoms with E-state index in [1.54, 1.807) is 13.1 Å². The Labute approximate surface area is 102 Å². The lowest BCUT2D eigenvalue weighted by molar-refractivity contribution is 0.720. The summed E-state index contributed by atoms with van der Waals surface area (Å²) in [4.78, 5) is 11.7. The van der Waals surface area contributed by atoms with Crippen molar-refractivity contribution in [3.05, 3.63) is 56.7 Å². The van der Waals surface area contributed by atoms with Crippen molar-refractivity contribution in [2.75, 3.05) is 0 Å². The predicted molar refractivity (Wildman–Crippen MR) is 67.9 cm³/mol. The molecule has 86 valence electrons. The highest BCUT2D eigenvalue weighted by Gasteiger charge is 2.00. The van der Waals surface area contributed by atoms with Gasteiger partial charge in [0.15, 0.2) is 0 Å². The van der Waals surface area contributed by atoms with E-state index in [4.69, 9.17) is 12.2 Å². The topological polar surface area (TPSA) is 63.0 Å². The fraction of sp³-hybridized carbons (Fsp3) is 0.0909. The number of H-pyrrole nitrogens is 1. The van der Waals surface area contributed by atoms with Crippen LogP contribution in [0.2, 0.25) is 0 Å². The highest BCUT2D eigenvalue weighted by molar-refractivity contribution is 7.71. The van der Waals surface area contributed by atoms with Gasteiger partial charge in [0.1, 0.15) is 5.69 Å². The first kappa shape index (κ1) is 11.4. The summed E-state index contributed by atoms with van der Waals surface area (Å²) < 4.78 is 1.29. The van der Waals surface area contributed by atoms with Crippen LogP contribution in [0.5, 0.6) is 0 Å². The molecule has 6 heteroatoms. The Morgan fingerprint density at radius 2 is 2.12 bits per heavy atom. The lowest BCUT2D eigenvalue weighted by atomic mass is 10.2. The molecule has 1 aromatic carbocycles. The van der Waals surface area contributed by atoms with Crippen molar-refractivity contribution in [1.82, 2.24) is 14.9 Å². The lowest BCUT2D eigenvalue weighted by Crippen LogP contribution is -2.22. The number of nitrogens with zero attached hydrogens (tertiary/aromatic N) is 3. The molecule has 0 unspecified atom stereocenters. The number of aryl methyl sites for hydroxylation is 1. The molecule has 5 nitrogen and oxygen atoms in total. The maximum absolute atomic E-state index is 11.7. The van der Waals surface area contributed by atoms with Crippen LogP contribution in [0.15, 0.2) is 40.2 Å². The first-order valence-corrected chi connectivity index (χ1v) is 5.37. The number of hydrogen-bond acceptors (Lipinski definition) is 4. The average molecular weight is 246 g/mol. The van der Waals surface area contributed by atoms with Crippen molar-refractivity contribution in [2.45, 2.75) is 6.92 Å². The molecule has 17 heavy (non-hydrogen) atoms. The molecule has 1 heterocycles. The van der Waals surface area contributed by atoms with E-state index in [-0.39, 0.29) is 10.3 Å². The third-order valence-electron chi connectivity index (χ3n) is 2.14. The average Bonchev–Trinajstić information content (AvgIpc) is 2.35. The summed E-state index contributed by atoms with van der Waals surface area (Å²) in [6, 6.07) is 9.46. The first-order chi connectivity index (χ1) is 8.18. The summed E-state index contributed by atoms with van der Waals surface area (Å²) >= 11 is 4.95. The van der Waals surface area contributed by atoms with Crippen molar-refractivity contribution in [1.29, 1.82) is 0 Å². The van der Waals surface area contributed by atoms with Gasteiger partial charge in [-0.1, -0.05) is 30.3 Å². The van der Waals surface area contributed by atoms with Crippen molar-refractivity contribution < 1.29 is 0 Å². The molecule has 2 aromatic rings. The fourth-order valence-electron chi connectivity index (χ4n) is 1.24. The van der Waals surface area contributed by atoms with Gasteiger partial charge in [-0.05, 0) is 24.7 Å². The van der Waals surface area contributed by atoms with Gasteiger partial charge >= 0.3 is 0 Å². The Kier molecular flexibility index (Phi) is 3.24. The first-order valence-electron chi connectivity index (χ1n) is 4.96. The number of aromatic nitrogens is 3.